The molecule has 0 saturated heterocycles. The smallest absolute Gasteiger partial charge is 0.870 e. The van der Waals surface area contributed by atoms with Gasteiger partial charge in [-0.1, -0.05) is 0 Å². The zero-order valence-electron chi connectivity index (χ0n) is 37.6. The number of carboxylic acids is 1. The summed E-state index contributed by atoms with van der Waals surface area (Å²) in [5.74, 6) is -2.73. The van der Waals surface area contributed by atoms with Gasteiger partial charge in [0.1, 0.15) is 11.6 Å². The summed E-state index contributed by atoms with van der Waals surface area (Å²) < 4.78 is 67.3. The van der Waals surface area contributed by atoms with Gasteiger partial charge < -0.3 is 54.4 Å². The van der Waals surface area contributed by atoms with Crippen molar-refractivity contribution in [2.45, 2.75) is 93.7 Å². The Kier molecular flexibility index (Phi) is 22.5. The number of carboxylic acid groups (broad SMARTS) is 1. The first kappa shape index (κ1) is 55.0. The van der Waals surface area contributed by atoms with Gasteiger partial charge in [0.25, 0.3) is 11.8 Å². The predicted octanol–water partition coefficient (Wildman–Crippen LogP) is 6.41. The van der Waals surface area contributed by atoms with Crippen molar-refractivity contribution in [3.8, 4) is 34.5 Å². The number of rotatable bonds is 18. The Morgan fingerprint density at radius 3 is 1.14 bits per heavy atom. The molecule has 63 heavy (non-hydrogen) atoms. The van der Waals surface area contributed by atoms with Crippen LogP contribution in [-0.2, 0) is 4.74 Å². The standard InChI is InChI=1S/C23H28FNO6.C22H26FNO6.Li.H2O/c1-7-29-21-19(30-13(2)3)10-15(11-20(21)31-14(4)5)22(26)25-16-8-9-17(18(24)12-16)23(27)28-6;1-6-28-20-18(29-12(2)3)9-14(10-19(20)30-13(4)5)21(25)24-15-7-8-16(22(26)27)17(23)11-15;;/h8-14H,7H2,1-6H3,(H,25,26);7-13H,6H2,1-5H3,(H,24,25)(H,26,27);;1H2/q;;+1;/p-1. The molecule has 0 atom stereocenters. The molecular weight excluding hydrogens is 821 g/mol. The average molecular weight is 877 g/mol. The van der Waals surface area contributed by atoms with Gasteiger partial charge in [0.15, 0.2) is 23.0 Å². The van der Waals surface area contributed by atoms with Crippen LogP contribution in [0.2, 0.25) is 0 Å². The zero-order valence-corrected chi connectivity index (χ0v) is 37.6. The number of halogens is 2. The predicted molar refractivity (Wildman–Crippen MR) is 227 cm³/mol. The number of hydrogen-bond acceptors (Lipinski definition) is 12. The summed E-state index contributed by atoms with van der Waals surface area (Å²) in [5, 5.41) is 14.1. The number of hydrogen-bond donors (Lipinski definition) is 3. The third kappa shape index (κ3) is 16.3. The Morgan fingerprint density at radius 1 is 0.571 bits per heavy atom. The fourth-order valence-electron chi connectivity index (χ4n) is 5.40. The fourth-order valence-corrected chi connectivity index (χ4v) is 5.40. The van der Waals surface area contributed by atoms with Crippen LogP contribution in [0.3, 0.4) is 0 Å². The number of carbonyl (C=O) groups excluding carboxylic acids is 3. The van der Waals surface area contributed by atoms with Crippen LogP contribution >= 0.6 is 0 Å². The van der Waals surface area contributed by atoms with Crippen molar-refractivity contribution in [3.63, 3.8) is 0 Å². The van der Waals surface area contributed by atoms with E-state index in [0.717, 1.165) is 25.3 Å². The molecule has 4 rings (SSSR count). The number of nitrogens with one attached hydrogen (secondary N) is 2. The van der Waals surface area contributed by atoms with E-state index in [-0.39, 0.29) is 76.8 Å². The fraction of sp³-hybridized carbons (Fsp3) is 0.378. The van der Waals surface area contributed by atoms with Crippen molar-refractivity contribution < 1.29 is 90.6 Å². The topological polar surface area (TPSA) is 207 Å². The first-order chi connectivity index (χ1) is 28.8. The molecule has 0 aromatic heterocycles. The Hall–Kier alpha value is -6.02. The van der Waals surface area contributed by atoms with Crippen LogP contribution in [0.15, 0.2) is 60.7 Å². The Balaban J connectivity index is 0.000000611. The van der Waals surface area contributed by atoms with Crippen molar-refractivity contribution in [2.24, 2.45) is 0 Å². The largest absolute Gasteiger partial charge is 1.00 e. The summed E-state index contributed by atoms with van der Waals surface area (Å²) in [7, 11) is 1.16. The second-order valence-electron chi connectivity index (χ2n) is 14.2. The van der Waals surface area contributed by atoms with Crippen molar-refractivity contribution in [2.75, 3.05) is 31.0 Å². The second-order valence-corrected chi connectivity index (χ2v) is 14.2. The molecule has 4 N–H and O–H groups in total. The number of benzene rings is 4. The summed E-state index contributed by atoms with van der Waals surface area (Å²) >= 11 is 0. The first-order valence-corrected chi connectivity index (χ1v) is 19.6. The average Bonchev–Trinajstić information content (AvgIpc) is 3.16. The summed E-state index contributed by atoms with van der Waals surface area (Å²) in [5.41, 5.74) is 0.0616. The first-order valence-electron chi connectivity index (χ1n) is 19.6. The molecule has 0 bridgehead atoms. The molecule has 2 amide bonds. The van der Waals surface area contributed by atoms with Crippen molar-refractivity contribution in [1.82, 2.24) is 0 Å². The van der Waals surface area contributed by atoms with E-state index < -0.39 is 41.0 Å². The van der Waals surface area contributed by atoms with Crippen LogP contribution in [0.25, 0.3) is 0 Å². The summed E-state index contributed by atoms with van der Waals surface area (Å²) in [6.07, 6.45) is -0.673. The number of amides is 2. The van der Waals surface area contributed by atoms with Crippen LogP contribution in [0.1, 0.15) is 111 Å². The summed E-state index contributed by atoms with van der Waals surface area (Å²) in [4.78, 5) is 48.1. The van der Waals surface area contributed by atoms with Gasteiger partial charge in [-0.3, -0.25) is 9.59 Å². The maximum Gasteiger partial charge on any atom is 1.00 e. The van der Waals surface area contributed by atoms with Crippen LogP contribution in [0.5, 0.6) is 34.5 Å². The van der Waals surface area contributed by atoms with E-state index in [1.54, 1.807) is 12.1 Å². The molecule has 0 saturated carbocycles. The van der Waals surface area contributed by atoms with Gasteiger partial charge in [0.05, 0.1) is 55.9 Å². The SMILES string of the molecule is CCOc1c(OC(C)C)cc(C(=O)Nc2ccc(C(=O)O)c(F)c2)cc1OC(C)C.CCOc1c(OC(C)C)cc(C(=O)Nc2ccc(C(=O)OC)c(F)c2)cc1OC(C)C.[Li+].[OH-]. The van der Waals surface area contributed by atoms with E-state index >= 15 is 0 Å². The molecule has 0 unspecified atom stereocenters. The minimum Gasteiger partial charge on any atom is -0.870 e. The minimum atomic E-state index is -1.39. The molecule has 15 nitrogen and oxygen atoms in total. The zero-order chi connectivity index (χ0) is 45.6. The van der Waals surface area contributed by atoms with Crippen molar-refractivity contribution in [1.29, 1.82) is 0 Å². The normalized spacial score (nSPS) is 10.4. The molecule has 338 valence electrons. The molecule has 0 heterocycles. The summed E-state index contributed by atoms with van der Waals surface area (Å²) in [6, 6.07) is 13.2. The second kappa shape index (κ2) is 25.8. The molecule has 0 aliphatic rings. The van der Waals surface area contributed by atoms with E-state index in [1.165, 1.54) is 30.3 Å². The van der Waals surface area contributed by atoms with Gasteiger partial charge in [-0.15, -0.1) is 0 Å². The van der Waals surface area contributed by atoms with Gasteiger partial charge in [-0.2, -0.15) is 0 Å². The molecule has 0 aliphatic carbocycles. The molecule has 18 heteroatoms. The van der Waals surface area contributed by atoms with Crippen molar-refractivity contribution >= 4 is 35.1 Å². The molecule has 4 aromatic carbocycles. The van der Waals surface area contributed by atoms with E-state index in [4.69, 9.17) is 33.5 Å². The molecule has 0 spiro atoms. The number of carbonyl (C=O) groups is 4. The summed E-state index contributed by atoms with van der Waals surface area (Å²) in [6.45, 7) is 19.2. The number of aromatic carboxylic acids is 1. The van der Waals surface area contributed by atoms with Crippen molar-refractivity contribution in [3.05, 3.63) is 94.6 Å². The quantitative estimate of drug-likeness (QED) is 0.0730. The van der Waals surface area contributed by atoms with Gasteiger partial charge >= 0.3 is 30.8 Å². The number of methoxy groups -OCH3 is 1. The van der Waals surface area contributed by atoms with Gasteiger partial charge in [0, 0.05) is 22.5 Å². The maximum atomic E-state index is 14.2. The van der Waals surface area contributed by atoms with E-state index in [0.29, 0.717) is 47.7 Å². The van der Waals surface area contributed by atoms with Gasteiger partial charge in [-0.25, -0.2) is 18.4 Å². The number of esters is 1. The molecule has 0 aliphatic heterocycles. The monoisotopic (exact) mass is 876 g/mol. The van der Waals surface area contributed by atoms with Crippen LogP contribution in [-0.4, -0.2) is 79.1 Å². The third-order valence-electron chi connectivity index (χ3n) is 7.68. The van der Waals surface area contributed by atoms with Crippen LogP contribution in [0, 0.1) is 11.6 Å². The minimum absolute atomic E-state index is 0. The molecule has 4 aromatic rings. The maximum absolute atomic E-state index is 14.2. The third-order valence-corrected chi connectivity index (χ3v) is 7.68. The van der Waals surface area contributed by atoms with Crippen LogP contribution in [0.4, 0.5) is 20.2 Å². The van der Waals surface area contributed by atoms with Crippen LogP contribution < -0.4 is 57.9 Å². The van der Waals surface area contributed by atoms with Gasteiger partial charge in [0.2, 0.25) is 11.5 Å². The number of ether oxygens (including phenoxy) is 7. The Labute approximate surface area is 378 Å². The Morgan fingerprint density at radius 2 is 0.889 bits per heavy atom. The Bertz CT molecular complexity index is 2120. The molecule has 0 radical (unpaired) electrons. The van der Waals surface area contributed by atoms with E-state index in [1.807, 2.05) is 69.2 Å². The molecular formula is C45H55F2LiN2O13. The van der Waals surface area contributed by atoms with Gasteiger partial charge in [-0.05, 0) is 130 Å². The van der Waals surface area contributed by atoms with E-state index in [9.17, 15) is 28.0 Å². The molecule has 0 fully saturated rings. The van der Waals surface area contributed by atoms with E-state index in [2.05, 4.69) is 15.4 Å². The number of anilines is 2.